The van der Waals surface area contributed by atoms with Crippen molar-refractivity contribution in [2.45, 2.75) is 25.7 Å². The van der Waals surface area contributed by atoms with Crippen molar-refractivity contribution in [2.75, 3.05) is 0 Å². The van der Waals surface area contributed by atoms with Crippen LogP contribution in [0.2, 0.25) is 1.41 Å². The van der Waals surface area contributed by atoms with E-state index in [1.807, 2.05) is 0 Å². The first-order valence-corrected chi connectivity index (χ1v) is 4.84. The average molecular weight is 611 g/mol. The molecule has 3 N–H and O–H groups in total. The van der Waals surface area contributed by atoms with Crippen LogP contribution in [0.4, 0.5) is 0 Å². The van der Waals surface area contributed by atoms with Gasteiger partial charge in [0.05, 0.1) is 0 Å². The van der Waals surface area contributed by atoms with Crippen molar-refractivity contribution in [1.29, 1.82) is 0 Å². The zero-order valence-corrected chi connectivity index (χ0v) is 14.5. The van der Waals surface area contributed by atoms with Crippen LogP contribution >= 0.6 is 45.5 Å². The van der Waals surface area contributed by atoms with Gasteiger partial charge in [-0.1, -0.05) is 25.7 Å². The second kappa shape index (κ2) is 22.8. The van der Waals surface area contributed by atoms with Crippen LogP contribution in [0.3, 0.4) is 0 Å². The monoisotopic (exact) mass is 611 g/mol. The largest absolute Gasteiger partial charge is 2.00 e. The second-order valence-electron chi connectivity index (χ2n) is 1.61. The van der Waals surface area contributed by atoms with Gasteiger partial charge < -0.3 is 8.78 Å². The predicted molar refractivity (Wildman–Crippen MR) is 60.4 cm³/mol. The SMILES string of the molecule is C1CCC1.[2H][N-]I.[3H][C-](I)ON.[U+2]. The first kappa shape index (κ1) is 13.4. The third-order valence-corrected chi connectivity index (χ3v) is 1.30. The Balaban J connectivity index is -0.000000114. The number of halogens is 2. The molecule has 0 aromatic heterocycles. The molecule has 1 rings (SSSR count). The van der Waals surface area contributed by atoms with Crippen LogP contribution in [0.25, 0.3) is 3.94 Å². The number of hydrogen-bond donors (Lipinski definition) is 1. The maximum Gasteiger partial charge on any atom is 2.00 e. The quantitative estimate of drug-likeness (QED) is 0.281. The summed E-state index contributed by atoms with van der Waals surface area (Å²) in [6.45, 7) is 0. The fourth-order valence-corrected chi connectivity index (χ4v) is 0.250. The van der Waals surface area contributed by atoms with Crippen LogP contribution in [0, 0.1) is 35.7 Å². The second-order valence-corrected chi connectivity index (χ2v) is 2.05. The predicted octanol–water partition coefficient (Wildman–Crippen LogP) is 3.38. The first-order chi connectivity index (χ1) is 5.68. The summed E-state index contributed by atoms with van der Waals surface area (Å²) in [4.78, 5) is 3.82. The fraction of sp³-hybridized carbons (Fsp3) is 0.800. The molecule has 0 aliphatic heterocycles. The van der Waals surface area contributed by atoms with Crippen molar-refractivity contribution in [3.8, 4) is 0 Å². The van der Waals surface area contributed by atoms with E-state index in [0.717, 1.165) is 0 Å². The molecule has 0 saturated heterocycles. The van der Waals surface area contributed by atoms with E-state index < -0.39 is 0 Å². The van der Waals surface area contributed by atoms with Gasteiger partial charge in [-0.05, 0) is 0 Å². The molecule has 0 atom stereocenters. The number of hydrogen-bond acceptors (Lipinski definition) is 2. The molecule has 0 aromatic rings. The molecular formula is C5H12I2N2OU. The summed E-state index contributed by atoms with van der Waals surface area (Å²) in [6.07, 6.45) is 6.00. The minimum atomic E-state index is 0. The Labute approximate surface area is 123 Å². The summed E-state index contributed by atoms with van der Waals surface area (Å²) in [6, 6.07) is 0. The molecule has 0 spiro atoms. The van der Waals surface area contributed by atoms with Gasteiger partial charge in [0.1, 0.15) is 0 Å². The zero-order chi connectivity index (χ0) is 9.82. The first-order valence-electron chi connectivity index (χ1n) is 3.75. The van der Waals surface area contributed by atoms with Crippen molar-refractivity contribution in [1.82, 2.24) is 0 Å². The van der Waals surface area contributed by atoms with Gasteiger partial charge >= 0.3 is 31.1 Å². The molecule has 6 heteroatoms. The van der Waals surface area contributed by atoms with Crippen molar-refractivity contribution in [3.05, 3.63) is 8.53 Å². The minimum absolute atomic E-state index is 0. The zero-order valence-electron chi connectivity index (χ0n) is 8.02. The molecule has 0 radical (unpaired) electrons. The van der Waals surface area contributed by atoms with Crippen LogP contribution in [-0.4, -0.2) is 0 Å². The van der Waals surface area contributed by atoms with Crippen molar-refractivity contribution in [3.63, 3.8) is 0 Å². The third-order valence-electron chi connectivity index (χ3n) is 1.04. The Hall–Kier alpha value is 2.39. The van der Waals surface area contributed by atoms with Gasteiger partial charge in [-0.25, -0.2) is 22.9 Å². The van der Waals surface area contributed by atoms with Crippen LogP contribution in [0.15, 0.2) is 0 Å². The van der Waals surface area contributed by atoms with Gasteiger partial charge in [-0.3, -0.25) is 28.5 Å². The van der Waals surface area contributed by atoms with E-state index in [-0.39, 0.29) is 35.7 Å². The number of nitrogens with two attached hydrogens (primary N) is 1. The summed E-state index contributed by atoms with van der Waals surface area (Å²) >= 11 is 3.22. The average Bonchev–Trinajstić information content (AvgIpc) is 1.85. The molecule has 0 aromatic carbocycles. The summed E-state index contributed by atoms with van der Waals surface area (Å²) in [5.74, 6) is 4.44. The van der Waals surface area contributed by atoms with Gasteiger partial charge in [0.15, 0.2) is 0 Å². The molecular weight excluding hydrogens is 596 g/mol. The molecule has 0 bridgehead atoms. The van der Waals surface area contributed by atoms with Gasteiger partial charge in [-0.2, -0.15) is 1.37 Å². The molecule has 1 aliphatic rings. The molecule has 1 aliphatic carbocycles. The van der Waals surface area contributed by atoms with Crippen molar-refractivity contribution >= 4 is 45.5 Å². The van der Waals surface area contributed by atoms with E-state index in [4.69, 9.17) is 2.78 Å². The van der Waals surface area contributed by atoms with Gasteiger partial charge in [0.25, 0.3) is 0 Å². The molecule has 3 nitrogen and oxygen atoms in total. The van der Waals surface area contributed by atoms with E-state index in [1.54, 1.807) is 45.5 Å². The Morgan fingerprint density at radius 2 is 1.82 bits per heavy atom. The van der Waals surface area contributed by atoms with Gasteiger partial charge in [0, 0.05) is 0 Å². The summed E-state index contributed by atoms with van der Waals surface area (Å²) in [7, 11) is 0. The van der Waals surface area contributed by atoms with Gasteiger partial charge in [0.2, 0.25) is 0 Å². The van der Waals surface area contributed by atoms with E-state index in [2.05, 4.69) is 14.7 Å². The van der Waals surface area contributed by atoms with Crippen LogP contribution in [0.1, 0.15) is 27.1 Å². The smallest absolute Gasteiger partial charge is 0.616 e. The number of nitrogens with one attached hydrogen (secondary N) is 1. The molecule has 1 fully saturated rings. The Morgan fingerprint density at radius 1 is 1.64 bits per heavy atom. The Kier molecular flexibility index (Phi) is 27.8. The normalized spacial score (nSPS) is 14.9. The Morgan fingerprint density at radius 3 is 1.82 bits per heavy atom. The van der Waals surface area contributed by atoms with Crippen LogP contribution < -0.4 is 5.90 Å². The summed E-state index contributed by atoms with van der Waals surface area (Å²) < 4.78 is 14.9. The summed E-state index contributed by atoms with van der Waals surface area (Å²) in [5.41, 5.74) is 0. The summed E-state index contributed by atoms with van der Waals surface area (Å²) in [5, 5.41) is 0. The van der Waals surface area contributed by atoms with Gasteiger partial charge in [-0.15, -0.1) is 6.00 Å². The number of rotatable bonds is 1. The van der Waals surface area contributed by atoms with Crippen LogP contribution in [-0.2, 0) is 4.84 Å². The maximum absolute atomic E-state index is 6.38. The van der Waals surface area contributed by atoms with Crippen molar-refractivity contribution < 1.29 is 38.7 Å². The van der Waals surface area contributed by atoms with E-state index in [0.29, 0.717) is 0 Å². The minimum Gasteiger partial charge on any atom is -0.616 e. The topological polar surface area (TPSA) is 59.0 Å². The van der Waals surface area contributed by atoms with Crippen LogP contribution in [0.5, 0.6) is 0 Å². The Bertz CT molecular complexity index is 77.6. The molecule has 11 heavy (non-hydrogen) atoms. The third kappa shape index (κ3) is 24.5. The molecule has 66 valence electrons. The molecule has 0 unspecified atom stereocenters. The van der Waals surface area contributed by atoms with E-state index in [9.17, 15) is 0 Å². The van der Waals surface area contributed by atoms with E-state index >= 15 is 0 Å². The molecule has 1 saturated carbocycles. The van der Waals surface area contributed by atoms with E-state index in [1.165, 1.54) is 25.7 Å². The standard InChI is InChI=1S/C4H8.CH3INO.HIN.U/c1-2-4-3-1;2-1-4-3;1-2;/h1-4H2;1H,3H2;2H;/q;2*-1;+2/i;1T;;/hD. The fourth-order valence-electron chi connectivity index (χ4n) is 0.250. The maximum atomic E-state index is 6.38. The molecule has 0 amide bonds. The van der Waals surface area contributed by atoms with Crippen molar-refractivity contribution in [2.24, 2.45) is 5.90 Å². The molecule has 0 heterocycles.